The molecule has 2 heterocycles. The molecule has 0 aromatic carbocycles. The molecule has 0 unspecified atom stereocenters. The third-order valence-electron chi connectivity index (χ3n) is 3.20. The van der Waals surface area contributed by atoms with Gasteiger partial charge in [-0.3, -0.25) is 9.78 Å². The lowest BCUT2D eigenvalue weighted by atomic mass is 10.1. The molecule has 0 aliphatic rings. The summed E-state index contributed by atoms with van der Waals surface area (Å²) >= 11 is 0. The number of pyridine rings is 2. The lowest BCUT2D eigenvalue weighted by Crippen LogP contribution is -2.28. The van der Waals surface area contributed by atoms with Crippen molar-refractivity contribution in [1.29, 1.82) is 0 Å². The highest BCUT2D eigenvalue weighted by atomic mass is 32.2. The van der Waals surface area contributed by atoms with Gasteiger partial charge in [0.2, 0.25) is 0 Å². The van der Waals surface area contributed by atoms with E-state index in [1.54, 1.807) is 30.6 Å². The summed E-state index contributed by atoms with van der Waals surface area (Å²) in [4.78, 5) is 19.9. The number of amides is 1. The molecule has 0 aliphatic heterocycles. The van der Waals surface area contributed by atoms with Gasteiger partial charge in [0.25, 0.3) is 5.91 Å². The fourth-order valence-electron chi connectivity index (χ4n) is 2.01. The van der Waals surface area contributed by atoms with E-state index in [-0.39, 0.29) is 17.0 Å². The van der Waals surface area contributed by atoms with Gasteiger partial charge in [0.1, 0.15) is 0 Å². The zero-order valence-corrected chi connectivity index (χ0v) is 13.2. The molecule has 1 atom stereocenters. The van der Waals surface area contributed by atoms with Crippen LogP contribution in [0, 0.1) is 0 Å². The monoisotopic (exact) mass is 319 g/mol. The minimum Gasteiger partial charge on any atom is -0.345 e. The summed E-state index contributed by atoms with van der Waals surface area (Å²) in [5.41, 5.74) is 1.21. The molecule has 1 amide bonds. The zero-order valence-electron chi connectivity index (χ0n) is 12.4. The van der Waals surface area contributed by atoms with E-state index in [0.29, 0.717) is 17.5 Å². The van der Waals surface area contributed by atoms with Crippen molar-refractivity contribution in [2.75, 3.05) is 6.26 Å². The summed E-state index contributed by atoms with van der Waals surface area (Å²) in [5.74, 6) is -0.230. The Morgan fingerprint density at radius 2 is 1.91 bits per heavy atom. The van der Waals surface area contributed by atoms with E-state index < -0.39 is 9.84 Å². The average Bonchev–Trinajstić information content (AvgIpc) is 2.52. The van der Waals surface area contributed by atoms with Crippen LogP contribution < -0.4 is 5.32 Å². The van der Waals surface area contributed by atoms with Gasteiger partial charge in [-0.2, -0.15) is 0 Å². The molecule has 0 saturated heterocycles. The Hall–Kier alpha value is -2.28. The molecule has 0 fully saturated rings. The minimum atomic E-state index is -3.38. The van der Waals surface area contributed by atoms with Crippen LogP contribution in [-0.2, 0) is 9.84 Å². The Bertz CT molecular complexity index is 761. The molecule has 116 valence electrons. The summed E-state index contributed by atoms with van der Waals surface area (Å²) in [5, 5.41) is 2.89. The number of sulfone groups is 1. The normalized spacial score (nSPS) is 12.6. The smallest absolute Gasteiger partial charge is 0.251 e. The second-order valence-electron chi connectivity index (χ2n) is 4.87. The Kier molecular flexibility index (Phi) is 4.87. The maximum absolute atomic E-state index is 12.2. The molecule has 0 radical (unpaired) electrons. The quantitative estimate of drug-likeness (QED) is 0.907. The Balaban J connectivity index is 2.24. The molecule has 2 aromatic rings. The molecule has 0 spiro atoms. The molecular formula is C15H17N3O3S. The van der Waals surface area contributed by atoms with Gasteiger partial charge in [-0.1, -0.05) is 6.92 Å². The summed E-state index contributed by atoms with van der Waals surface area (Å²) < 4.78 is 23.2. The average molecular weight is 319 g/mol. The molecule has 2 aromatic heterocycles. The molecule has 22 heavy (non-hydrogen) atoms. The maximum atomic E-state index is 12.2. The van der Waals surface area contributed by atoms with Gasteiger partial charge in [-0.25, -0.2) is 13.4 Å². The van der Waals surface area contributed by atoms with Crippen LogP contribution >= 0.6 is 0 Å². The highest BCUT2D eigenvalue weighted by Crippen LogP contribution is 2.19. The second kappa shape index (κ2) is 6.65. The van der Waals surface area contributed by atoms with Crippen molar-refractivity contribution in [3.63, 3.8) is 0 Å². The number of carbonyl (C=O) groups is 1. The Morgan fingerprint density at radius 3 is 2.50 bits per heavy atom. The fraction of sp³-hybridized carbons (Fsp3) is 0.267. The van der Waals surface area contributed by atoms with Crippen molar-refractivity contribution < 1.29 is 13.2 Å². The lowest BCUT2D eigenvalue weighted by Gasteiger charge is -2.18. The summed E-state index contributed by atoms with van der Waals surface area (Å²) in [6, 6.07) is 6.16. The van der Waals surface area contributed by atoms with Crippen LogP contribution in [0.3, 0.4) is 0 Å². The SMILES string of the molecule is CC[C@H](NC(=O)c1ccncc1)c1ccnc(S(C)(=O)=O)c1. The highest BCUT2D eigenvalue weighted by molar-refractivity contribution is 7.90. The number of hydrogen-bond donors (Lipinski definition) is 1. The number of carbonyl (C=O) groups excluding carboxylic acids is 1. The predicted molar refractivity (Wildman–Crippen MR) is 82.1 cm³/mol. The van der Waals surface area contributed by atoms with E-state index in [1.807, 2.05) is 6.92 Å². The lowest BCUT2D eigenvalue weighted by molar-refractivity contribution is 0.0935. The summed E-state index contributed by atoms with van der Waals surface area (Å²) in [6.07, 6.45) is 6.26. The Labute approximate surface area is 129 Å². The van der Waals surface area contributed by atoms with Crippen LogP contribution in [0.1, 0.15) is 35.3 Å². The number of hydrogen-bond acceptors (Lipinski definition) is 5. The van der Waals surface area contributed by atoms with E-state index in [4.69, 9.17) is 0 Å². The second-order valence-corrected chi connectivity index (χ2v) is 6.83. The van der Waals surface area contributed by atoms with Crippen LogP contribution in [-0.4, -0.2) is 30.5 Å². The summed E-state index contributed by atoms with van der Waals surface area (Å²) in [6.45, 7) is 1.91. The number of nitrogens with zero attached hydrogens (tertiary/aromatic N) is 2. The van der Waals surface area contributed by atoms with E-state index in [0.717, 1.165) is 6.26 Å². The summed E-state index contributed by atoms with van der Waals surface area (Å²) in [7, 11) is -3.38. The van der Waals surface area contributed by atoms with Crippen LogP contribution in [0.4, 0.5) is 0 Å². The highest BCUT2D eigenvalue weighted by Gasteiger charge is 2.17. The van der Waals surface area contributed by atoms with Gasteiger partial charge in [0.05, 0.1) is 6.04 Å². The standard InChI is InChI=1S/C15H17N3O3S/c1-3-13(18-15(19)11-4-7-16-8-5-11)12-6-9-17-14(10-12)22(2,20)21/h4-10,13H,3H2,1-2H3,(H,18,19)/t13-/m0/s1. The first-order valence-electron chi connectivity index (χ1n) is 6.78. The van der Waals surface area contributed by atoms with Crippen molar-refractivity contribution in [3.8, 4) is 0 Å². The van der Waals surface area contributed by atoms with Gasteiger partial charge in [-0.05, 0) is 36.2 Å². The molecule has 6 nitrogen and oxygen atoms in total. The van der Waals surface area contributed by atoms with Crippen molar-refractivity contribution in [2.45, 2.75) is 24.4 Å². The van der Waals surface area contributed by atoms with Crippen LogP contribution in [0.25, 0.3) is 0 Å². The van der Waals surface area contributed by atoms with Gasteiger partial charge >= 0.3 is 0 Å². The van der Waals surface area contributed by atoms with Crippen molar-refractivity contribution in [3.05, 3.63) is 54.0 Å². The van der Waals surface area contributed by atoms with Crippen molar-refractivity contribution in [1.82, 2.24) is 15.3 Å². The Morgan fingerprint density at radius 1 is 1.23 bits per heavy atom. The van der Waals surface area contributed by atoms with Crippen molar-refractivity contribution in [2.24, 2.45) is 0 Å². The van der Waals surface area contributed by atoms with Crippen LogP contribution in [0.15, 0.2) is 47.9 Å². The number of rotatable bonds is 5. The van der Waals surface area contributed by atoms with Gasteiger partial charge < -0.3 is 5.32 Å². The topological polar surface area (TPSA) is 89.0 Å². The van der Waals surface area contributed by atoms with E-state index >= 15 is 0 Å². The maximum Gasteiger partial charge on any atom is 0.251 e. The molecular weight excluding hydrogens is 302 g/mol. The molecule has 1 N–H and O–H groups in total. The first-order chi connectivity index (χ1) is 10.4. The third-order valence-corrected chi connectivity index (χ3v) is 4.18. The van der Waals surface area contributed by atoms with Crippen molar-refractivity contribution >= 4 is 15.7 Å². The molecule has 2 rings (SSSR count). The zero-order chi connectivity index (χ0) is 16.2. The van der Waals surface area contributed by atoms with Gasteiger partial charge in [-0.15, -0.1) is 0 Å². The van der Waals surface area contributed by atoms with E-state index in [1.165, 1.54) is 12.3 Å². The van der Waals surface area contributed by atoms with Gasteiger partial charge in [0, 0.05) is 30.4 Å². The van der Waals surface area contributed by atoms with E-state index in [9.17, 15) is 13.2 Å². The third kappa shape index (κ3) is 3.88. The molecule has 0 saturated carbocycles. The molecule has 0 bridgehead atoms. The first-order valence-corrected chi connectivity index (χ1v) is 8.68. The van der Waals surface area contributed by atoms with Crippen LogP contribution in [0.5, 0.6) is 0 Å². The first kappa shape index (κ1) is 16.1. The fourth-order valence-corrected chi connectivity index (χ4v) is 2.61. The predicted octanol–water partition coefficient (Wildman–Crippen LogP) is 1.76. The number of aromatic nitrogens is 2. The molecule has 7 heteroatoms. The van der Waals surface area contributed by atoms with Gasteiger partial charge in [0.15, 0.2) is 14.9 Å². The largest absolute Gasteiger partial charge is 0.345 e. The van der Waals surface area contributed by atoms with E-state index in [2.05, 4.69) is 15.3 Å². The number of nitrogens with one attached hydrogen (secondary N) is 1. The molecule has 0 aliphatic carbocycles. The minimum absolute atomic E-state index is 0.00149. The van der Waals surface area contributed by atoms with Crippen LogP contribution in [0.2, 0.25) is 0 Å².